The molecule has 0 saturated carbocycles. The molecule has 0 aromatic heterocycles. The number of nitrogens with one attached hydrogen (secondary N) is 2. The second-order valence-electron chi connectivity index (χ2n) is 4.95. The van der Waals surface area contributed by atoms with Gasteiger partial charge in [-0.1, -0.05) is 6.07 Å². The quantitative estimate of drug-likeness (QED) is 0.867. The third-order valence-electron chi connectivity index (χ3n) is 3.24. The molecule has 1 amide bonds. The van der Waals surface area contributed by atoms with E-state index >= 15 is 0 Å². The van der Waals surface area contributed by atoms with Gasteiger partial charge in [0.05, 0.1) is 0 Å². The lowest BCUT2D eigenvalue weighted by molar-refractivity contribution is -0.119. The maximum Gasteiger partial charge on any atom is 0.250 e. The topological polar surface area (TPSA) is 59.6 Å². The Morgan fingerprint density at radius 2 is 2.20 bits per heavy atom. The van der Waals surface area contributed by atoms with Gasteiger partial charge in [0.1, 0.15) is 6.61 Å². The molecule has 0 radical (unpaired) electrons. The lowest BCUT2D eigenvalue weighted by atomic mass is 10.1. The molecular weight excluding hydrogens is 256 g/mol. The predicted molar refractivity (Wildman–Crippen MR) is 79.0 cm³/mol. The molecule has 5 nitrogen and oxygen atoms in total. The molecular formula is C15H22N2O3. The molecule has 110 valence electrons. The summed E-state index contributed by atoms with van der Waals surface area (Å²) in [6.07, 6.45) is 3.21. The van der Waals surface area contributed by atoms with Gasteiger partial charge in [-0.15, -0.1) is 0 Å². The van der Waals surface area contributed by atoms with E-state index in [4.69, 9.17) is 9.47 Å². The smallest absolute Gasteiger partial charge is 0.250 e. The normalized spacial score (nSPS) is 19.1. The second kappa shape index (κ2) is 7.87. The Labute approximate surface area is 119 Å². The molecule has 1 heterocycles. The zero-order chi connectivity index (χ0) is 14.2. The van der Waals surface area contributed by atoms with E-state index in [1.165, 1.54) is 7.11 Å². The highest BCUT2D eigenvalue weighted by molar-refractivity contribution is 5.92. The van der Waals surface area contributed by atoms with Crippen LogP contribution in [0.15, 0.2) is 24.3 Å². The lowest BCUT2D eigenvalue weighted by Crippen LogP contribution is -2.20. The van der Waals surface area contributed by atoms with Gasteiger partial charge in [-0.3, -0.25) is 4.79 Å². The molecule has 1 fully saturated rings. The third-order valence-corrected chi connectivity index (χ3v) is 3.24. The molecule has 0 bridgehead atoms. The van der Waals surface area contributed by atoms with Crippen molar-refractivity contribution in [2.75, 3.05) is 37.6 Å². The van der Waals surface area contributed by atoms with Crippen LogP contribution >= 0.6 is 0 Å². The second-order valence-corrected chi connectivity index (χ2v) is 4.95. The Balaban J connectivity index is 1.92. The molecule has 1 saturated heterocycles. The zero-order valence-corrected chi connectivity index (χ0v) is 11.9. The number of benzene rings is 1. The Bertz CT molecular complexity index is 429. The van der Waals surface area contributed by atoms with Crippen LogP contribution in [0, 0.1) is 0 Å². The number of anilines is 2. The van der Waals surface area contributed by atoms with Gasteiger partial charge in [-0.2, -0.15) is 0 Å². The van der Waals surface area contributed by atoms with Crippen LogP contribution < -0.4 is 10.6 Å². The van der Waals surface area contributed by atoms with Gasteiger partial charge in [-0.05, 0) is 37.5 Å². The highest BCUT2D eigenvalue weighted by Gasteiger charge is 2.12. The van der Waals surface area contributed by atoms with Crippen molar-refractivity contribution in [2.24, 2.45) is 0 Å². The van der Waals surface area contributed by atoms with E-state index in [-0.39, 0.29) is 12.5 Å². The highest BCUT2D eigenvalue weighted by Crippen LogP contribution is 2.19. The van der Waals surface area contributed by atoms with E-state index in [1.54, 1.807) is 0 Å². The zero-order valence-electron chi connectivity index (χ0n) is 11.9. The maximum absolute atomic E-state index is 11.5. The van der Waals surface area contributed by atoms with Crippen LogP contribution in [0.2, 0.25) is 0 Å². The third kappa shape index (κ3) is 4.83. The molecule has 20 heavy (non-hydrogen) atoms. The number of carbonyl (C=O) groups is 1. The van der Waals surface area contributed by atoms with Crippen LogP contribution in [0.5, 0.6) is 0 Å². The summed E-state index contributed by atoms with van der Waals surface area (Å²) >= 11 is 0. The number of amides is 1. The SMILES string of the molecule is COCC(=O)Nc1cccc(NC2CCCOCC2)c1. The Kier molecular flexibility index (Phi) is 5.83. The van der Waals surface area contributed by atoms with Crippen LogP contribution in [0.3, 0.4) is 0 Å². The van der Waals surface area contributed by atoms with Crippen molar-refractivity contribution in [3.05, 3.63) is 24.3 Å². The number of ether oxygens (including phenoxy) is 2. The summed E-state index contributed by atoms with van der Waals surface area (Å²) in [4.78, 5) is 11.5. The summed E-state index contributed by atoms with van der Waals surface area (Å²) in [5.41, 5.74) is 1.80. The first-order valence-corrected chi connectivity index (χ1v) is 7.01. The standard InChI is InChI=1S/C15H22N2O3/c1-19-11-15(18)17-14-5-2-4-13(10-14)16-12-6-3-8-20-9-7-12/h2,4-5,10,12,16H,3,6-9,11H2,1H3,(H,17,18). The average Bonchev–Trinajstić information content (AvgIpc) is 2.68. The molecule has 1 aromatic rings. The monoisotopic (exact) mass is 278 g/mol. The Morgan fingerprint density at radius 3 is 3.05 bits per heavy atom. The fourth-order valence-corrected chi connectivity index (χ4v) is 2.30. The van der Waals surface area contributed by atoms with Crippen molar-refractivity contribution in [1.82, 2.24) is 0 Å². The van der Waals surface area contributed by atoms with Gasteiger partial charge in [0.15, 0.2) is 0 Å². The fourth-order valence-electron chi connectivity index (χ4n) is 2.30. The van der Waals surface area contributed by atoms with Gasteiger partial charge < -0.3 is 20.1 Å². The summed E-state index contributed by atoms with van der Waals surface area (Å²) < 4.78 is 10.3. The van der Waals surface area contributed by atoms with Gasteiger partial charge in [0, 0.05) is 37.7 Å². The van der Waals surface area contributed by atoms with Gasteiger partial charge in [0.2, 0.25) is 5.91 Å². The van der Waals surface area contributed by atoms with Crippen LogP contribution in [0.25, 0.3) is 0 Å². The number of methoxy groups -OCH3 is 1. The lowest BCUT2D eigenvalue weighted by Gasteiger charge is -2.17. The minimum Gasteiger partial charge on any atom is -0.382 e. The molecule has 1 aromatic carbocycles. The molecule has 1 atom stereocenters. The first-order chi connectivity index (χ1) is 9.78. The van der Waals surface area contributed by atoms with E-state index in [2.05, 4.69) is 10.6 Å². The molecule has 1 aliphatic rings. The maximum atomic E-state index is 11.5. The van der Waals surface area contributed by atoms with Crippen molar-refractivity contribution in [3.8, 4) is 0 Å². The largest absolute Gasteiger partial charge is 0.382 e. The van der Waals surface area contributed by atoms with Crippen LogP contribution in [0.1, 0.15) is 19.3 Å². The molecule has 1 aliphatic heterocycles. The molecule has 0 spiro atoms. The number of hydrogen-bond donors (Lipinski definition) is 2. The molecule has 2 rings (SSSR count). The summed E-state index contributed by atoms with van der Waals surface area (Å²) in [6.45, 7) is 1.73. The number of carbonyl (C=O) groups excluding carboxylic acids is 1. The molecule has 5 heteroatoms. The Hall–Kier alpha value is -1.59. The van der Waals surface area contributed by atoms with Crippen molar-refractivity contribution < 1.29 is 14.3 Å². The minimum absolute atomic E-state index is 0.0671. The Morgan fingerprint density at radius 1 is 1.35 bits per heavy atom. The summed E-state index contributed by atoms with van der Waals surface area (Å²) in [5.74, 6) is -0.146. The minimum atomic E-state index is -0.146. The first-order valence-electron chi connectivity index (χ1n) is 7.01. The van der Waals surface area contributed by atoms with Gasteiger partial charge in [-0.25, -0.2) is 0 Å². The van der Waals surface area contributed by atoms with Crippen molar-refractivity contribution in [2.45, 2.75) is 25.3 Å². The molecule has 1 unspecified atom stereocenters. The molecule has 0 aliphatic carbocycles. The average molecular weight is 278 g/mol. The predicted octanol–water partition coefficient (Wildman–Crippen LogP) is 2.25. The first kappa shape index (κ1) is 14.8. The van der Waals surface area contributed by atoms with E-state index in [0.29, 0.717) is 6.04 Å². The van der Waals surface area contributed by atoms with Crippen LogP contribution in [0.4, 0.5) is 11.4 Å². The van der Waals surface area contributed by atoms with Gasteiger partial charge in [0.25, 0.3) is 0 Å². The van der Waals surface area contributed by atoms with Crippen LogP contribution in [-0.2, 0) is 14.3 Å². The number of rotatable bonds is 5. The fraction of sp³-hybridized carbons (Fsp3) is 0.533. The van der Waals surface area contributed by atoms with Crippen molar-refractivity contribution in [1.29, 1.82) is 0 Å². The van der Waals surface area contributed by atoms with Crippen LogP contribution in [-0.4, -0.2) is 38.9 Å². The van der Waals surface area contributed by atoms with Gasteiger partial charge >= 0.3 is 0 Å². The summed E-state index contributed by atoms with van der Waals surface area (Å²) in [5, 5.41) is 6.31. The van der Waals surface area contributed by atoms with Crippen molar-refractivity contribution >= 4 is 17.3 Å². The van der Waals surface area contributed by atoms with E-state index < -0.39 is 0 Å². The van der Waals surface area contributed by atoms with E-state index in [1.807, 2.05) is 24.3 Å². The highest BCUT2D eigenvalue weighted by atomic mass is 16.5. The van der Waals surface area contributed by atoms with Crippen molar-refractivity contribution in [3.63, 3.8) is 0 Å². The summed E-state index contributed by atoms with van der Waals surface area (Å²) in [6, 6.07) is 8.19. The number of hydrogen-bond acceptors (Lipinski definition) is 4. The molecule has 2 N–H and O–H groups in total. The van der Waals surface area contributed by atoms with E-state index in [9.17, 15) is 4.79 Å². The van der Waals surface area contributed by atoms with E-state index in [0.717, 1.165) is 43.9 Å². The summed E-state index contributed by atoms with van der Waals surface area (Å²) in [7, 11) is 1.51.